The van der Waals surface area contributed by atoms with Crippen LogP contribution in [0.4, 0.5) is 0 Å². The molecular formula is C9H9BrClN. The molecular weight excluding hydrogens is 237 g/mol. The minimum Gasteiger partial charge on any atom is -0.244 e. The van der Waals surface area contributed by atoms with E-state index in [1.54, 1.807) is 0 Å². The number of nitrogens with zero attached hydrogens (tertiary/aromatic N) is 1. The van der Waals surface area contributed by atoms with Gasteiger partial charge < -0.3 is 0 Å². The highest BCUT2D eigenvalue weighted by Gasteiger charge is 2.16. The van der Waals surface area contributed by atoms with Gasteiger partial charge in [-0.2, -0.15) is 0 Å². The zero-order chi connectivity index (χ0) is 8.55. The Labute approximate surface area is 85.3 Å². The molecule has 1 aliphatic rings. The fourth-order valence-corrected chi connectivity index (χ4v) is 2.32. The minimum absolute atomic E-state index is 0.607. The van der Waals surface area contributed by atoms with E-state index in [1.807, 2.05) is 12.3 Å². The summed E-state index contributed by atoms with van der Waals surface area (Å²) in [4.78, 5) is 4.68. The van der Waals surface area contributed by atoms with Crippen molar-refractivity contribution in [3.8, 4) is 0 Å². The Balaban J connectivity index is 2.37. The summed E-state index contributed by atoms with van der Waals surface area (Å²) in [5.74, 6) is 0. The molecule has 12 heavy (non-hydrogen) atoms. The summed E-state index contributed by atoms with van der Waals surface area (Å²) >= 11 is 9.42. The second-order valence-corrected chi connectivity index (χ2v) is 4.80. The SMILES string of the molecule is Clc1cc2c(cn1)CCC(Br)C2. The maximum absolute atomic E-state index is 5.80. The molecule has 1 aromatic heterocycles. The maximum atomic E-state index is 5.80. The first-order valence-electron chi connectivity index (χ1n) is 4.03. The van der Waals surface area contributed by atoms with Crippen molar-refractivity contribution in [2.24, 2.45) is 0 Å². The predicted molar refractivity (Wildman–Crippen MR) is 54.0 cm³/mol. The molecule has 1 aliphatic carbocycles. The summed E-state index contributed by atoms with van der Waals surface area (Å²) in [6.07, 6.45) is 5.31. The van der Waals surface area contributed by atoms with Crippen molar-refractivity contribution in [2.75, 3.05) is 0 Å². The Morgan fingerprint density at radius 1 is 1.50 bits per heavy atom. The Kier molecular flexibility index (Phi) is 2.37. The molecule has 3 heteroatoms. The monoisotopic (exact) mass is 245 g/mol. The van der Waals surface area contributed by atoms with E-state index < -0.39 is 0 Å². The molecule has 1 nitrogen and oxygen atoms in total. The lowest BCUT2D eigenvalue weighted by Gasteiger charge is -2.19. The van der Waals surface area contributed by atoms with Gasteiger partial charge in [0.2, 0.25) is 0 Å². The van der Waals surface area contributed by atoms with Gasteiger partial charge in [-0.25, -0.2) is 4.98 Å². The first-order valence-corrected chi connectivity index (χ1v) is 5.32. The van der Waals surface area contributed by atoms with E-state index in [1.165, 1.54) is 17.5 Å². The van der Waals surface area contributed by atoms with E-state index in [4.69, 9.17) is 11.6 Å². The Bertz CT molecular complexity index is 301. The van der Waals surface area contributed by atoms with E-state index >= 15 is 0 Å². The molecule has 0 amide bonds. The third-order valence-corrected chi connectivity index (χ3v) is 3.21. The molecule has 0 radical (unpaired) electrons. The minimum atomic E-state index is 0.607. The molecule has 0 saturated carbocycles. The third kappa shape index (κ3) is 1.64. The highest BCUT2D eigenvalue weighted by atomic mass is 79.9. The summed E-state index contributed by atoms with van der Waals surface area (Å²) in [5.41, 5.74) is 2.71. The fraction of sp³-hybridized carbons (Fsp3) is 0.444. The smallest absolute Gasteiger partial charge is 0.129 e. The highest BCUT2D eigenvalue weighted by Crippen LogP contribution is 2.26. The standard InChI is InChI=1S/C9H9BrClN/c10-8-2-1-6-5-12-9(11)4-7(6)3-8/h4-5,8H,1-3H2. The number of hydrogen-bond donors (Lipinski definition) is 0. The summed E-state index contributed by atoms with van der Waals surface area (Å²) in [5, 5.41) is 0.607. The summed E-state index contributed by atoms with van der Waals surface area (Å²) < 4.78 is 0. The van der Waals surface area contributed by atoms with Crippen LogP contribution in [0.3, 0.4) is 0 Å². The number of aromatic nitrogens is 1. The van der Waals surface area contributed by atoms with Crippen LogP contribution < -0.4 is 0 Å². The first kappa shape index (κ1) is 8.52. The Hall–Kier alpha value is -0.0800. The summed E-state index contributed by atoms with van der Waals surface area (Å²) in [6, 6.07) is 1.98. The van der Waals surface area contributed by atoms with Crippen LogP contribution in [-0.2, 0) is 12.8 Å². The number of aryl methyl sites for hydroxylation is 1. The largest absolute Gasteiger partial charge is 0.244 e. The predicted octanol–water partition coefficient (Wildman–Crippen LogP) is 2.99. The lowest BCUT2D eigenvalue weighted by Crippen LogP contribution is -2.13. The molecule has 0 spiro atoms. The van der Waals surface area contributed by atoms with E-state index in [0.717, 1.165) is 12.8 Å². The summed E-state index contributed by atoms with van der Waals surface area (Å²) in [7, 11) is 0. The van der Waals surface area contributed by atoms with Crippen LogP contribution in [0.15, 0.2) is 12.3 Å². The lowest BCUT2D eigenvalue weighted by atomic mass is 9.94. The number of hydrogen-bond acceptors (Lipinski definition) is 1. The van der Waals surface area contributed by atoms with Gasteiger partial charge in [0.15, 0.2) is 0 Å². The normalized spacial score (nSPS) is 22.0. The van der Waals surface area contributed by atoms with Crippen LogP contribution >= 0.6 is 27.5 Å². The van der Waals surface area contributed by atoms with Crippen molar-refractivity contribution in [1.29, 1.82) is 0 Å². The zero-order valence-electron chi connectivity index (χ0n) is 6.56. The molecule has 0 aliphatic heterocycles. The van der Waals surface area contributed by atoms with Gasteiger partial charge in [-0.3, -0.25) is 0 Å². The van der Waals surface area contributed by atoms with Crippen LogP contribution in [-0.4, -0.2) is 9.81 Å². The average Bonchev–Trinajstić information content (AvgIpc) is 2.03. The second kappa shape index (κ2) is 3.35. The van der Waals surface area contributed by atoms with Crippen molar-refractivity contribution in [2.45, 2.75) is 24.1 Å². The topological polar surface area (TPSA) is 12.9 Å². The molecule has 0 bridgehead atoms. The van der Waals surface area contributed by atoms with Crippen molar-refractivity contribution >= 4 is 27.5 Å². The van der Waals surface area contributed by atoms with Gasteiger partial charge >= 0.3 is 0 Å². The number of fused-ring (bicyclic) bond motifs is 1. The van der Waals surface area contributed by atoms with E-state index in [-0.39, 0.29) is 0 Å². The quantitative estimate of drug-likeness (QED) is 0.507. The van der Waals surface area contributed by atoms with E-state index in [9.17, 15) is 0 Å². The van der Waals surface area contributed by atoms with Crippen molar-refractivity contribution < 1.29 is 0 Å². The fourth-order valence-electron chi connectivity index (χ4n) is 1.56. The van der Waals surface area contributed by atoms with Crippen molar-refractivity contribution in [3.63, 3.8) is 0 Å². The van der Waals surface area contributed by atoms with Crippen LogP contribution in [0, 0.1) is 0 Å². The molecule has 1 heterocycles. The van der Waals surface area contributed by atoms with Gasteiger partial charge in [-0.1, -0.05) is 27.5 Å². The molecule has 0 fully saturated rings. The average molecular weight is 247 g/mol. The van der Waals surface area contributed by atoms with Crippen LogP contribution in [0.5, 0.6) is 0 Å². The molecule has 1 aromatic rings. The number of halogens is 2. The molecule has 0 N–H and O–H groups in total. The van der Waals surface area contributed by atoms with Crippen LogP contribution in [0.1, 0.15) is 17.5 Å². The van der Waals surface area contributed by atoms with Gasteiger partial charge in [-0.15, -0.1) is 0 Å². The molecule has 64 valence electrons. The van der Waals surface area contributed by atoms with Gasteiger partial charge in [0.1, 0.15) is 5.15 Å². The van der Waals surface area contributed by atoms with E-state index in [2.05, 4.69) is 20.9 Å². The first-order chi connectivity index (χ1) is 5.75. The Morgan fingerprint density at radius 3 is 3.17 bits per heavy atom. The molecule has 1 unspecified atom stereocenters. The number of pyridine rings is 1. The van der Waals surface area contributed by atoms with Gasteiger partial charge in [0.25, 0.3) is 0 Å². The maximum Gasteiger partial charge on any atom is 0.129 e. The lowest BCUT2D eigenvalue weighted by molar-refractivity contribution is 0.708. The number of rotatable bonds is 0. The van der Waals surface area contributed by atoms with Gasteiger partial charge in [-0.05, 0) is 36.5 Å². The zero-order valence-corrected chi connectivity index (χ0v) is 8.90. The van der Waals surface area contributed by atoms with Gasteiger partial charge in [0.05, 0.1) is 0 Å². The molecule has 2 rings (SSSR count). The summed E-state index contributed by atoms with van der Waals surface area (Å²) in [6.45, 7) is 0. The molecule has 1 atom stereocenters. The van der Waals surface area contributed by atoms with Crippen molar-refractivity contribution in [3.05, 3.63) is 28.5 Å². The third-order valence-electron chi connectivity index (χ3n) is 2.22. The molecule has 0 saturated heterocycles. The Morgan fingerprint density at radius 2 is 2.33 bits per heavy atom. The molecule has 0 aromatic carbocycles. The number of alkyl halides is 1. The van der Waals surface area contributed by atoms with Gasteiger partial charge in [0, 0.05) is 11.0 Å². The van der Waals surface area contributed by atoms with Crippen molar-refractivity contribution in [1.82, 2.24) is 4.98 Å². The van der Waals surface area contributed by atoms with Crippen LogP contribution in [0.2, 0.25) is 5.15 Å². The highest BCUT2D eigenvalue weighted by molar-refractivity contribution is 9.09. The van der Waals surface area contributed by atoms with E-state index in [0.29, 0.717) is 9.98 Å². The van der Waals surface area contributed by atoms with Crippen LogP contribution in [0.25, 0.3) is 0 Å². The second-order valence-electron chi connectivity index (χ2n) is 3.12.